The molecule has 1 amide bonds. The van der Waals surface area contributed by atoms with Crippen LogP contribution in [0.1, 0.15) is 38.2 Å². The van der Waals surface area contributed by atoms with Crippen LogP contribution >= 0.6 is 0 Å². The van der Waals surface area contributed by atoms with Gasteiger partial charge in [0.2, 0.25) is 5.91 Å². The molecule has 30 heavy (non-hydrogen) atoms. The van der Waals surface area contributed by atoms with Crippen LogP contribution < -0.4 is 0 Å². The Balaban J connectivity index is 1.21. The van der Waals surface area contributed by atoms with Crippen molar-refractivity contribution < 1.29 is 4.79 Å². The average Bonchev–Trinajstić information content (AvgIpc) is 2.79. The Morgan fingerprint density at radius 3 is 2.33 bits per heavy atom. The lowest BCUT2D eigenvalue weighted by atomic mass is 9.89. The van der Waals surface area contributed by atoms with E-state index in [1.165, 1.54) is 50.8 Å². The van der Waals surface area contributed by atoms with E-state index in [4.69, 9.17) is 0 Å². The summed E-state index contributed by atoms with van der Waals surface area (Å²) in [5.74, 6) is 1.10. The first kappa shape index (κ1) is 21.8. The second-order valence-electron chi connectivity index (χ2n) is 9.76. The monoisotopic (exact) mass is 412 g/mol. The number of carbonyl (C=O) groups is 1. The molecule has 3 fully saturated rings. The molecule has 0 spiro atoms. The van der Waals surface area contributed by atoms with Crippen molar-refractivity contribution in [2.24, 2.45) is 5.92 Å². The molecule has 4 rings (SSSR count). The summed E-state index contributed by atoms with van der Waals surface area (Å²) in [6, 6.07) is 11.5. The minimum Gasteiger partial charge on any atom is -0.339 e. The standard InChI is InChI=1S/C25H40N4O/c1-21(27-13-10-23(11-14-27)19-22-7-4-3-5-8-22)25(30)29-17-15-28(16-18-29)24-9-6-12-26(2)20-24/h3-5,7-8,21,23-24H,6,9-20H2,1-2H3. The number of piperazine rings is 1. The number of nitrogens with zero attached hydrogens (tertiary/aromatic N) is 4. The van der Waals surface area contributed by atoms with Crippen molar-refractivity contribution in [3.8, 4) is 0 Å². The molecule has 3 heterocycles. The Hall–Kier alpha value is -1.43. The average molecular weight is 413 g/mol. The van der Waals surface area contributed by atoms with Crippen LogP contribution in [0, 0.1) is 5.92 Å². The number of amides is 1. The molecular weight excluding hydrogens is 372 g/mol. The highest BCUT2D eigenvalue weighted by Crippen LogP contribution is 2.24. The summed E-state index contributed by atoms with van der Waals surface area (Å²) in [5, 5.41) is 0. The fraction of sp³-hybridized carbons (Fsp3) is 0.720. The van der Waals surface area contributed by atoms with Crippen LogP contribution in [-0.2, 0) is 11.2 Å². The van der Waals surface area contributed by atoms with E-state index >= 15 is 0 Å². The predicted octanol–water partition coefficient (Wildman–Crippen LogP) is 2.57. The minimum atomic E-state index is 0.0232. The summed E-state index contributed by atoms with van der Waals surface area (Å²) in [6.07, 6.45) is 6.20. The summed E-state index contributed by atoms with van der Waals surface area (Å²) >= 11 is 0. The SMILES string of the molecule is CC(C(=O)N1CCN(C2CCCN(C)C2)CC1)N1CCC(Cc2ccccc2)CC1. The molecule has 3 aliphatic heterocycles. The molecule has 5 heteroatoms. The summed E-state index contributed by atoms with van der Waals surface area (Å²) < 4.78 is 0. The first-order chi connectivity index (χ1) is 14.6. The normalized spacial score (nSPS) is 26.6. The molecular formula is C25H40N4O. The Labute approximate surface area is 183 Å². The van der Waals surface area contributed by atoms with E-state index in [0.29, 0.717) is 11.9 Å². The highest BCUT2D eigenvalue weighted by Gasteiger charge is 2.33. The number of likely N-dealkylation sites (tertiary alicyclic amines) is 2. The summed E-state index contributed by atoms with van der Waals surface area (Å²) in [4.78, 5) is 22.8. The number of carbonyl (C=O) groups excluding carboxylic acids is 1. The van der Waals surface area contributed by atoms with Crippen LogP contribution in [0.2, 0.25) is 0 Å². The van der Waals surface area contributed by atoms with Crippen molar-refractivity contribution in [2.45, 2.75) is 51.1 Å². The molecule has 3 aliphatic rings. The van der Waals surface area contributed by atoms with E-state index < -0.39 is 0 Å². The van der Waals surface area contributed by atoms with Gasteiger partial charge in [-0.3, -0.25) is 14.6 Å². The molecule has 0 saturated carbocycles. The summed E-state index contributed by atoms with van der Waals surface area (Å²) in [5.41, 5.74) is 1.45. The van der Waals surface area contributed by atoms with Crippen molar-refractivity contribution in [3.05, 3.63) is 35.9 Å². The molecule has 0 radical (unpaired) electrons. The van der Waals surface area contributed by atoms with Crippen molar-refractivity contribution in [2.75, 3.05) is 59.4 Å². The quantitative estimate of drug-likeness (QED) is 0.744. The maximum Gasteiger partial charge on any atom is 0.239 e. The zero-order chi connectivity index (χ0) is 20.9. The van der Waals surface area contributed by atoms with Crippen LogP contribution in [0.25, 0.3) is 0 Å². The van der Waals surface area contributed by atoms with Crippen molar-refractivity contribution >= 4 is 5.91 Å². The second-order valence-corrected chi connectivity index (χ2v) is 9.76. The van der Waals surface area contributed by atoms with Crippen molar-refractivity contribution in [3.63, 3.8) is 0 Å². The third kappa shape index (κ3) is 5.43. The highest BCUT2D eigenvalue weighted by molar-refractivity contribution is 5.81. The minimum absolute atomic E-state index is 0.0232. The van der Waals surface area contributed by atoms with E-state index in [2.05, 4.69) is 63.9 Å². The fourth-order valence-corrected chi connectivity index (χ4v) is 5.66. The van der Waals surface area contributed by atoms with Gasteiger partial charge in [0.25, 0.3) is 0 Å². The van der Waals surface area contributed by atoms with E-state index in [1.54, 1.807) is 0 Å². The third-order valence-electron chi connectivity index (χ3n) is 7.66. The van der Waals surface area contributed by atoms with E-state index in [0.717, 1.165) is 45.2 Å². The summed E-state index contributed by atoms with van der Waals surface area (Å²) in [6.45, 7) is 10.5. The number of hydrogen-bond donors (Lipinski definition) is 0. The molecule has 0 N–H and O–H groups in total. The number of rotatable bonds is 5. The van der Waals surface area contributed by atoms with Gasteiger partial charge in [0, 0.05) is 38.8 Å². The molecule has 3 saturated heterocycles. The van der Waals surface area contributed by atoms with Gasteiger partial charge in [0.05, 0.1) is 6.04 Å². The van der Waals surface area contributed by atoms with Crippen LogP contribution in [-0.4, -0.2) is 97.0 Å². The van der Waals surface area contributed by atoms with E-state index in [1.807, 2.05) is 0 Å². The summed E-state index contributed by atoms with van der Waals surface area (Å²) in [7, 11) is 2.23. The predicted molar refractivity (Wildman–Crippen MR) is 123 cm³/mol. The fourth-order valence-electron chi connectivity index (χ4n) is 5.66. The lowest BCUT2D eigenvalue weighted by Crippen LogP contribution is -2.58. The molecule has 2 atom stereocenters. The molecule has 1 aromatic carbocycles. The first-order valence-electron chi connectivity index (χ1n) is 12.1. The zero-order valence-corrected chi connectivity index (χ0v) is 19.0. The Bertz CT molecular complexity index is 665. The Kier molecular flexibility index (Phi) is 7.45. The topological polar surface area (TPSA) is 30.0 Å². The maximum absolute atomic E-state index is 13.2. The van der Waals surface area contributed by atoms with Crippen LogP contribution in [0.3, 0.4) is 0 Å². The van der Waals surface area contributed by atoms with Gasteiger partial charge in [-0.15, -0.1) is 0 Å². The lowest BCUT2D eigenvalue weighted by Gasteiger charge is -2.44. The number of piperidine rings is 2. The molecule has 2 unspecified atom stereocenters. The molecule has 0 bridgehead atoms. The van der Waals surface area contributed by atoms with Gasteiger partial charge in [-0.05, 0) is 77.2 Å². The first-order valence-corrected chi connectivity index (χ1v) is 12.1. The second kappa shape index (κ2) is 10.3. The van der Waals surface area contributed by atoms with E-state index in [-0.39, 0.29) is 6.04 Å². The van der Waals surface area contributed by atoms with E-state index in [9.17, 15) is 4.79 Å². The zero-order valence-electron chi connectivity index (χ0n) is 19.0. The van der Waals surface area contributed by atoms with Gasteiger partial charge in [-0.1, -0.05) is 30.3 Å². The van der Waals surface area contributed by atoms with Crippen molar-refractivity contribution in [1.82, 2.24) is 19.6 Å². The molecule has 166 valence electrons. The van der Waals surface area contributed by atoms with Crippen molar-refractivity contribution in [1.29, 1.82) is 0 Å². The number of hydrogen-bond acceptors (Lipinski definition) is 4. The third-order valence-corrected chi connectivity index (χ3v) is 7.66. The number of benzene rings is 1. The van der Waals surface area contributed by atoms with Crippen LogP contribution in [0.5, 0.6) is 0 Å². The van der Waals surface area contributed by atoms with Crippen LogP contribution in [0.15, 0.2) is 30.3 Å². The smallest absolute Gasteiger partial charge is 0.239 e. The van der Waals surface area contributed by atoms with Gasteiger partial charge in [0.15, 0.2) is 0 Å². The van der Waals surface area contributed by atoms with Gasteiger partial charge in [0.1, 0.15) is 0 Å². The largest absolute Gasteiger partial charge is 0.339 e. The molecule has 0 aromatic heterocycles. The highest BCUT2D eigenvalue weighted by atomic mass is 16.2. The number of likely N-dealkylation sites (N-methyl/N-ethyl adjacent to an activating group) is 1. The Morgan fingerprint density at radius 2 is 1.67 bits per heavy atom. The Morgan fingerprint density at radius 1 is 0.967 bits per heavy atom. The van der Waals surface area contributed by atoms with Gasteiger partial charge >= 0.3 is 0 Å². The van der Waals surface area contributed by atoms with Gasteiger partial charge < -0.3 is 9.80 Å². The lowest BCUT2D eigenvalue weighted by molar-refractivity contribution is -0.139. The van der Waals surface area contributed by atoms with Crippen LogP contribution in [0.4, 0.5) is 0 Å². The van der Waals surface area contributed by atoms with Gasteiger partial charge in [-0.25, -0.2) is 0 Å². The van der Waals surface area contributed by atoms with Gasteiger partial charge in [-0.2, -0.15) is 0 Å². The molecule has 0 aliphatic carbocycles. The molecule has 5 nitrogen and oxygen atoms in total. The maximum atomic E-state index is 13.2. The molecule has 1 aromatic rings.